The van der Waals surface area contributed by atoms with Crippen molar-refractivity contribution in [2.45, 2.75) is 11.9 Å². The van der Waals surface area contributed by atoms with Crippen molar-refractivity contribution >= 4 is 15.7 Å². The summed E-state index contributed by atoms with van der Waals surface area (Å²) in [5.74, 6) is -0.137. The van der Waals surface area contributed by atoms with Crippen molar-refractivity contribution in [1.82, 2.24) is 0 Å². The summed E-state index contributed by atoms with van der Waals surface area (Å²) in [6.45, 7) is 2.26. The van der Waals surface area contributed by atoms with Gasteiger partial charge in [0.25, 0.3) is 0 Å². The average Bonchev–Trinajstić information content (AvgIpc) is 1.68. The second kappa shape index (κ2) is 5.52. The number of hydrogen-bond donors (Lipinski definition) is 0. The summed E-state index contributed by atoms with van der Waals surface area (Å²) in [6.07, 6.45) is 0. The number of carbonyl (C=O) groups is 1. The van der Waals surface area contributed by atoms with Crippen molar-refractivity contribution in [1.29, 1.82) is 0 Å². The van der Waals surface area contributed by atoms with Gasteiger partial charge in [0.1, 0.15) is 0 Å². The van der Waals surface area contributed by atoms with E-state index in [4.69, 9.17) is 9.69 Å². The van der Waals surface area contributed by atoms with Gasteiger partial charge < -0.3 is 0 Å². The quantitative estimate of drug-likeness (QED) is 0.491. The summed E-state index contributed by atoms with van der Waals surface area (Å²) in [6, 6.07) is 0. The monoisotopic (exact) mass is 186 g/mol. The summed E-state index contributed by atoms with van der Waals surface area (Å²) in [5, 5.41) is 0.502. The van der Waals surface area contributed by atoms with Crippen molar-refractivity contribution < 1.29 is 25.7 Å². The van der Waals surface area contributed by atoms with Crippen LogP contribution in [0.4, 0.5) is 0 Å². The Morgan fingerprint density at radius 1 is 1.88 bits per heavy atom. The Labute approximate surface area is 60.2 Å². The number of rotatable bonds is 3. The van der Waals surface area contributed by atoms with Crippen molar-refractivity contribution in [3.8, 4) is 0 Å². The molecule has 8 heavy (non-hydrogen) atoms. The molecule has 0 aliphatic heterocycles. The molecule has 0 aliphatic carbocycles. The second-order valence-electron chi connectivity index (χ2n) is 1.24. The Balaban J connectivity index is 3.06. The molecule has 0 aromatic heterocycles. The molecule has 0 heterocycles. The molecule has 0 fully saturated rings. The molecule has 0 aromatic rings. The molecule has 0 unspecified atom stereocenters. The fraction of sp³-hybridized carbons (Fsp3) is 0.750. The molecule has 44 valence electrons. The molecule has 0 saturated carbocycles. The topological polar surface area (TPSA) is 26.3 Å². The van der Waals surface area contributed by atoms with Crippen LogP contribution in [0.5, 0.6) is 0 Å². The molecule has 0 saturated heterocycles. The van der Waals surface area contributed by atoms with E-state index in [1.54, 1.807) is 6.92 Å². The number of halogens is 1. The molecule has 0 N–H and O–H groups in total. The first-order valence-corrected chi connectivity index (χ1v) is 8.52. The molecule has 0 spiro atoms. The van der Waals surface area contributed by atoms with Gasteiger partial charge in [0.15, 0.2) is 0 Å². The zero-order valence-corrected chi connectivity index (χ0v) is 8.54. The van der Waals surface area contributed by atoms with E-state index >= 15 is 0 Å². The first kappa shape index (κ1) is 8.38. The van der Waals surface area contributed by atoms with Gasteiger partial charge in [-0.3, -0.25) is 0 Å². The molecular weight excluding hydrogens is 181 g/mol. The molecule has 0 aromatic carbocycles. The number of esters is 1. The van der Waals surface area contributed by atoms with Crippen LogP contribution in [0, 0.1) is 0 Å². The SMILES string of the molecule is CCOC(=O)[CH2][Zn][Cl]. The van der Waals surface area contributed by atoms with Gasteiger partial charge in [-0.15, -0.1) is 0 Å². The van der Waals surface area contributed by atoms with Crippen LogP contribution in [-0.4, -0.2) is 12.6 Å². The molecule has 0 aliphatic rings. The zero-order valence-electron chi connectivity index (χ0n) is 4.82. The van der Waals surface area contributed by atoms with Crippen LogP contribution in [-0.2, 0) is 25.7 Å². The van der Waals surface area contributed by atoms with E-state index in [0.717, 1.165) is 0 Å². The van der Waals surface area contributed by atoms with Crippen molar-refractivity contribution in [2.75, 3.05) is 6.61 Å². The molecule has 0 atom stereocenters. The van der Waals surface area contributed by atoms with Crippen LogP contribution < -0.4 is 0 Å². The second-order valence-corrected chi connectivity index (χ2v) is 5.05. The molecule has 2 nitrogen and oxygen atoms in total. The summed E-state index contributed by atoms with van der Waals surface area (Å²) < 4.78 is 4.61. The van der Waals surface area contributed by atoms with E-state index < -0.39 is 16.1 Å². The molecule has 0 radical (unpaired) electrons. The fourth-order valence-corrected chi connectivity index (χ4v) is 1.74. The Morgan fingerprint density at radius 3 is 2.88 bits per heavy atom. The molecule has 4 heteroatoms. The van der Waals surface area contributed by atoms with Crippen LogP contribution in [0.25, 0.3) is 0 Å². The first-order chi connectivity index (χ1) is 3.81. The molecule has 0 amide bonds. The number of ether oxygens (including phenoxy) is 1. The summed E-state index contributed by atoms with van der Waals surface area (Å²) in [7, 11) is 5.42. The van der Waals surface area contributed by atoms with Gasteiger partial charge in [-0.25, -0.2) is 0 Å². The van der Waals surface area contributed by atoms with Gasteiger partial charge in [0, 0.05) is 0 Å². The maximum absolute atomic E-state index is 10.4. The van der Waals surface area contributed by atoms with Gasteiger partial charge in [0.05, 0.1) is 0 Å². The number of hydrogen-bond acceptors (Lipinski definition) is 2. The molecule has 0 rings (SSSR count). The van der Waals surface area contributed by atoms with Crippen molar-refractivity contribution in [3.63, 3.8) is 0 Å². The van der Waals surface area contributed by atoms with Gasteiger partial charge in [0.2, 0.25) is 0 Å². The summed E-state index contributed by atoms with van der Waals surface area (Å²) in [5.41, 5.74) is 0. The molecular formula is C4H7ClO2Zn. The minimum absolute atomic E-state index is 0.137. The molecule has 0 bridgehead atoms. The van der Waals surface area contributed by atoms with Crippen molar-refractivity contribution in [2.24, 2.45) is 0 Å². The van der Waals surface area contributed by atoms with Crippen LogP contribution in [0.2, 0.25) is 5.02 Å². The first-order valence-electron chi connectivity index (χ1n) is 2.52. The van der Waals surface area contributed by atoms with E-state index in [-0.39, 0.29) is 5.97 Å². The van der Waals surface area contributed by atoms with Gasteiger partial charge in [-0.1, -0.05) is 0 Å². The van der Waals surface area contributed by atoms with E-state index in [1.807, 2.05) is 0 Å². The maximum atomic E-state index is 10.4. The van der Waals surface area contributed by atoms with Crippen LogP contribution in [0.15, 0.2) is 0 Å². The zero-order chi connectivity index (χ0) is 6.41. The van der Waals surface area contributed by atoms with Gasteiger partial charge >= 0.3 is 59.9 Å². The number of carbonyl (C=O) groups excluding carboxylic acids is 1. The van der Waals surface area contributed by atoms with E-state index in [0.29, 0.717) is 11.6 Å². The van der Waals surface area contributed by atoms with Gasteiger partial charge in [-0.2, -0.15) is 0 Å². The predicted octanol–water partition coefficient (Wildman–Crippen LogP) is 1.20. The van der Waals surface area contributed by atoms with Crippen molar-refractivity contribution in [3.05, 3.63) is 0 Å². The Hall–Kier alpha value is 0.383. The summed E-state index contributed by atoms with van der Waals surface area (Å²) in [4.78, 5) is 10.4. The standard InChI is InChI=1S/C4H7O2.ClH.Zn/c1-3-6-4(2)5;;/h2-3H2,1H3;1H;/q;;+1/p-1. The van der Waals surface area contributed by atoms with E-state index in [9.17, 15) is 4.79 Å². The third-order valence-electron chi connectivity index (χ3n) is 0.604. The van der Waals surface area contributed by atoms with Crippen LogP contribution in [0.1, 0.15) is 6.92 Å². The van der Waals surface area contributed by atoms with Crippen LogP contribution in [0.3, 0.4) is 0 Å². The summed E-state index contributed by atoms with van der Waals surface area (Å²) >= 11 is -1.01. The fourth-order valence-electron chi connectivity index (χ4n) is 0.310. The normalized spacial score (nSPS) is 7.75. The average molecular weight is 188 g/mol. The Kier molecular flexibility index (Phi) is 5.78. The minimum atomic E-state index is -1.01. The van der Waals surface area contributed by atoms with Gasteiger partial charge in [-0.05, 0) is 0 Å². The predicted molar refractivity (Wildman–Crippen MR) is 27.3 cm³/mol. The van der Waals surface area contributed by atoms with E-state index in [1.165, 1.54) is 0 Å². The third-order valence-corrected chi connectivity index (χ3v) is 2.84. The van der Waals surface area contributed by atoms with Crippen LogP contribution >= 0.6 is 9.69 Å². The Bertz CT molecular complexity index is 68.4. The third kappa shape index (κ3) is 4.54. The Morgan fingerprint density at radius 2 is 2.50 bits per heavy atom. The van der Waals surface area contributed by atoms with E-state index in [2.05, 4.69) is 4.74 Å².